The minimum atomic E-state index is -0.264. The highest BCUT2D eigenvalue weighted by molar-refractivity contribution is 7.08. The lowest BCUT2D eigenvalue weighted by Gasteiger charge is -1.94. The molecule has 90 valence electrons. The van der Waals surface area contributed by atoms with Gasteiger partial charge in [-0.25, -0.2) is 9.37 Å². The van der Waals surface area contributed by atoms with Crippen LogP contribution in [0, 0.1) is 12.7 Å². The molecule has 0 atom stereocenters. The molecule has 0 unspecified atom stereocenters. The molecule has 0 aliphatic carbocycles. The summed E-state index contributed by atoms with van der Waals surface area (Å²) in [5, 5.41) is 4.01. The number of benzene rings is 1. The molecule has 0 saturated carbocycles. The maximum Gasteiger partial charge on any atom is 0.226 e. The largest absolute Gasteiger partial charge is 0.436 e. The van der Waals surface area contributed by atoms with Crippen molar-refractivity contribution in [2.24, 2.45) is 0 Å². The summed E-state index contributed by atoms with van der Waals surface area (Å²) in [6.07, 6.45) is 0. The second-order valence-corrected chi connectivity index (χ2v) is 4.73. The molecule has 0 N–H and O–H groups in total. The maximum absolute atomic E-state index is 12.9. The van der Waals surface area contributed by atoms with Crippen molar-refractivity contribution < 1.29 is 8.81 Å². The summed E-state index contributed by atoms with van der Waals surface area (Å²) in [5.41, 5.74) is 2.65. The Morgan fingerprint density at radius 2 is 1.89 bits per heavy atom. The van der Waals surface area contributed by atoms with Crippen LogP contribution in [0.15, 0.2) is 45.5 Å². The van der Waals surface area contributed by atoms with E-state index in [-0.39, 0.29) is 5.82 Å². The van der Waals surface area contributed by atoms with Crippen LogP contribution in [0.3, 0.4) is 0 Å². The van der Waals surface area contributed by atoms with Crippen molar-refractivity contribution in [3.05, 3.63) is 52.6 Å². The van der Waals surface area contributed by atoms with E-state index in [1.54, 1.807) is 23.5 Å². The van der Waals surface area contributed by atoms with Gasteiger partial charge in [-0.1, -0.05) is 0 Å². The summed E-state index contributed by atoms with van der Waals surface area (Å²) in [6, 6.07) is 8.13. The van der Waals surface area contributed by atoms with Crippen LogP contribution < -0.4 is 0 Å². The van der Waals surface area contributed by atoms with E-state index in [1.807, 2.05) is 23.8 Å². The normalized spacial score (nSPS) is 10.8. The SMILES string of the molecule is Cc1nc(-c2ccc(F)cc2)oc1-c1ccsc1. The molecule has 3 aromatic rings. The Bertz CT molecular complexity index is 656. The molecule has 0 aliphatic rings. The molecule has 1 aromatic carbocycles. The summed E-state index contributed by atoms with van der Waals surface area (Å²) < 4.78 is 18.6. The van der Waals surface area contributed by atoms with Gasteiger partial charge in [0.15, 0.2) is 5.76 Å². The van der Waals surface area contributed by atoms with Crippen LogP contribution in [-0.2, 0) is 0 Å². The van der Waals surface area contributed by atoms with E-state index in [4.69, 9.17) is 4.42 Å². The van der Waals surface area contributed by atoms with Gasteiger partial charge in [-0.05, 0) is 42.6 Å². The van der Waals surface area contributed by atoms with Gasteiger partial charge in [-0.2, -0.15) is 11.3 Å². The van der Waals surface area contributed by atoms with Gasteiger partial charge in [0.1, 0.15) is 5.82 Å². The topological polar surface area (TPSA) is 26.0 Å². The van der Waals surface area contributed by atoms with E-state index < -0.39 is 0 Å². The highest BCUT2D eigenvalue weighted by Gasteiger charge is 2.13. The molecule has 2 aromatic heterocycles. The molecule has 0 amide bonds. The van der Waals surface area contributed by atoms with Crippen molar-refractivity contribution in [2.45, 2.75) is 6.92 Å². The summed E-state index contributed by atoms with van der Waals surface area (Å²) in [5.74, 6) is 1.03. The Hall–Kier alpha value is -1.94. The minimum Gasteiger partial charge on any atom is -0.436 e. The van der Waals surface area contributed by atoms with E-state index in [1.165, 1.54) is 12.1 Å². The molecule has 0 radical (unpaired) electrons. The van der Waals surface area contributed by atoms with Crippen molar-refractivity contribution in [1.29, 1.82) is 0 Å². The third-order valence-corrected chi connectivity index (χ3v) is 3.35. The first-order valence-corrected chi connectivity index (χ1v) is 6.44. The predicted octanol–water partition coefficient (Wildman–Crippen LogP) is 4.52. The summed E-state index contributed by atoms with van der Waals surface area (Å²) in [6.45, 7) is 1.91. The van der Waals surface area contributed by atoms with Crippen LogP contribution in [0.5, 0.6) is 0 Å². The lowest BCUT2D eigenvalue weighted by Crippen LogP contribution is -1.78. The van der Waals surface area contributed by atoms with Gasteiger partial charge in [-0.3, -0.25) is 0 Å². The van der Waals surface area contributed by atoms with Crippen molar-refractivity contribution in [2.75, 3.05) is 0 Å². The summed E-state index contributed by atoms with van der Waals surface area (Å²) >= 11 is 1.61. The number of oxazole rings is 1. The van der Waals surface area contributed by atoms with Gasteiger partial charge in [0.2, 0.25) is 5.89 Å². The van der Waals surface area contributed by atoms with E-state index >= 15 is 0 Å². The fourth-order valence-electron chi connectivity index (χ4n) is 1.77. The standard InChI is InChI=1S/C14H10FNOS/c1-9-13(11-6-7-18-8-11)17-14(16-9)10-2-4-12(15)5-3-10/h2-8H,1H3. The van der Waals surface area contributed by atoms with Crippen LogP contribution in [0.1, 0.15) is 5.69 Å². The zero-order valence-electron chi connectivity index (χ0n) is 9.68. The van der Waals surface area contributed by atoms with Crippen LogP contribution in [-0.4, -0.2) is 4.98 Å². The molecule has 0 bridgehead atoms. The fraction of sp³-hybridized carbons (Fsp3) is 0.0714. The Balaban J connectivity index is 2.05. The fourth-order valence-corrected chi connectivity index (χ4v) is 2.41. The number of hydrogen-bond acceptors (Lipinski definition) is 3. The van der Waals surface area contributed by atoms with Gasteiger partial charge >= 0.3 is 0 Å². The van der Waals surface area contributed by atoms with Crippen LogP contribution in [0.25, 0.3) is 22.8 Å². The highest BCUT2D eigenvalue weighted by Crippen LogP contribution is 2.30. The summed E-state index contributed by atoms with van der Waals surface area (Å²) in [7, 11) is 0. The number of halogens is 1. The monoisotopic (exact) mass is 259 g/mol. The first-order valence-electron chi connectivity index (χ1n) is 5.50. The molecule has 0 fully saturated rings. The lowest BCUT2D eigenvalue weighted by atomic mass is 10.2. The Morgan fingerprint density at radius 1 is 1.11 bits per heavy atom. The zero-order chi connectivity index (χ0) is 12.5. The van der Waals surface area contributed by atoms with Crippen molar-refractivity contribution in [3.8, 4) is 22.8 Å². The zero-order valence-corrected chi connectivity index (χ0v) is 10.5. The first-order chi connectivity index (χ1) is 8.74. The molecule has 2 nitrogen and oxygen atoms in total. The van der Waals surface area contributed by atoms with Gasteiger partial charge in [-0.15, -0.1) is 0 Å². The molecule has 4 heteroatoms. The molecular weight excluding hydrogens is 249 g/mol. The second kappa shape index (κ2) is 4.38. The molecular formula is C14H10FNOS. The number of nitrogens with zero attached hydrogens (tertiary/aromatic N) is 1. The summed E-state index contributed by atoms with van der Waals surface area (Å²) in [4.78, 5) is 4.38. The lowest BCUT2D eigenvalue weighted by molar-refractivity contribution is 0.587. The van der Waals surface area contributed by atoms with Gasteiger partial charge in [0, 0.05) is 16.5 Å². The van der Waals surface area contributed by atoms with Crippen molar-refractivity contribution >= 4 is 11.3 Å². The quantitative estimate of drug-likeness (QED) is 0.676. The Kier molecular flexibility index (Phi) is 2.72. The van der Waals surface area contributed by atoms with Gasteiger partial charge in [0.25, 0.3) is 0 Å². The van der Waals surface area contributed by atoms with E-state index in [0.717, 1.165) is 22.6 Å². The van der Waals surface area contributed by atoms with Gasteiger partial charge < -0.3 is 4.42 Å². The molecule has 18 heavy (non-hydrogen) atoms. The average Bonchev–Trinajstić information content (AvgIpc) is 2.99. The Labute approximate surface area is 108 Å². The number of aryl methyl sites for hydroxylation is 1. The van der Waals surface area contributed by atoms with E-state index in [2.05, 4.69) is 4.98 Å². The highest BCUT2D eigenvalue weighted by atomic mass is 32.1. The molecule has 0 spiro atoms. The molecule has 3 rings (SSSR count). The smallest absolute Gasteiger partial charge is 0.226 e. The van der Waals surface area contributed by atoms with Crippen LogP contribution in [0.4, 0.5) is 4.39 Å². The maximum atomic E-state index is 12.9. The van der Waals surface area contributed by atoms with E-state index in [0.29, 0.717) is 5.89 Å². The molecule has 0 aliphatic heterocycles. The molecule has 2 heterocycles. The van der Waals surface area contributed by atoms with Gasteiger partial charge in [0.05, 0.1) is 5.69 Å². The van der Waals surface area contributed by atoms with Crippen molar-refractivity contribution in [1.82, 2.24) is 4.98 Å². The Morgan fingerprint density at radius 3 is 2.56 bits per heavy atom. The number of thiophene rings is 1. The number of aromatic nitrogens is 1. The second-order valence-electron chi connectivity index (χ2n) is 3.95. The first kappa shape index (κ1) is 11.2. The third-order valence-electron chi connectivity index (χ3n) is 2.67. The predicted molar refractivity (Wildman–Crippen MR) is 69.9 cm³/mol. The van der Waals surface area contributed by atoms with E-state index in [9.17, 15) is 4.39 Å². The van der Waals surface area contributed by atoms with Crippen LogP contribution >= 0.6 is 11.3 Å². The molecule has 0 saturated heterocycles. The minimum absolute atomic E-state index is 0.264. The third kappa shape index (κ3) is 1.95. The number of hydrogen-bond donors (Lipinski definition) is 0. The van der Waals surface area contributed by atoms with Crippen LogP contribution in [0.2, 0.25) is 0 Å². The average molecular weight is 259 g/mol. The number of rotatable bonds is 2. The van der Waals surface area contributed by atoms with Crippen molar-refractivity contribution in [3.63, 3.8) is 0 Å².